The molecule has 0 unspecified atom stereocenters. The molecule has 0 radical (unpaired) electrons. The van der Waals surface area contributed by atoms with Gasteiger partial charge in [0, 0.05) is 27.7 Å². The predicted molar refractivity (Wildman–Crippen MR) is 139 cm³/mol. The summed E-state index contributed by atoms with van der Waals surface area (Å²) in [4.78, 5) is 61.8. The summed E-state index contributed by atoms with van der Waals surface area (Å²) < 4.78 is 38.4. The van der Waals surface area contributed by atoms with Crippen molar-refractivity contribution in [2.75, 3.05) is 25.6 Å². The fraction of sp³-hybridized carbons (Fsp3) is 0.714. The second-order valence-electron chi connectivity index (χ2n) is 7.97. The first kappa shape index (κ1) is 32.9. The monoisotopic (exact) mass is 613 g/mol. The highest BCUT2D eigenvalue weighted by atomic mass is 32.5. The van der Waals surface area contributed by atoms with E-state index in [9.17, 15) is 24.0 Å². The fourth-order valence-electron chi connectivity index (χ4n) is 3.66. The number of hydrogen-bond acceptors (Lipinski definition) is 15. The summed E-state index contributed by atoms with van der Waals surface area (Å²) in [5.74, 6) is -3.61. The van der Waals surface area contributed by atoms with Crippen molar-refractivity contribution >= 4 is 65.2 Å². The Balaban J connectivity index is 2.57. The van der Waals surface area contributed by atoms with E-state index in [1.165, 1.54) is 0 Å². The van der Waals surface area contributed by atoms with E-state index < -0.39 is 73.7 Å². The van der Waals surface area contributed by atoms with Crippen molar-refractivity contribution in [3.8, 4) is 0 Å². The molecule has 1 amide bonds. The minimum atomic E-state index is -3.05. The van der Waals surface area contributed by atoms with E-state index in [1.54, 1.807) is 13.8 Å². The molecule has 2 rings (SSSR count). The zero-order valence-corrected chi connectivity index (χ0v) is 24.8. The summed E-state index contributed by atoms with van der Waals surface area (Å²) in [6, 6.07) is 0. The molecule has 0 aromatic rings. The maximum absolute atomic E-state index is 13.1. The Hall–Kier alpha value is -2.30. The molecule has 220 valence electrons. The molecule has 5 atom stereocenters. The number of nitrogens with one attached hydrogen (secondary N) is 1. The van der Waals surface area contributed by atoms with E-state index in [2.05, 4.69) is 10.3 Å². The van der Waals surface area contributed by atoms with Crippen molar-refractivity contribution in [2.24, 2.45) is 5.10 Å². The molecule has 0 saturated carbocycles. The smallest absolute Gasteiger partial charge is 0.303 e. The van der Waals surface area contributed by atoms with Gasteiger partial charge in [-0.25, -0.2) is 5.20 Å². The van der Waals surface area contributed by atoms with Crippen LogP contribution in [0.3, 0.4) is 0 Å². The SMILES string of the molecule is CCOP(=S)(N/N=C1\SCC(=O)N1[C@@H]1O[C@H](COC(C)=O)[C@@H](OC(C)=O)[C@H](OC(C)=O)[C@H]1OC(C)=O)OCC. The van der Waals surface area contributed by atoms with Gasteiger partial charge < -0.3 is 32.7 Å². The Morgan fingerprint density at radius 3 is 2.03 bits per heavy atom. The lowest BCUT2D eigenvalue weighted by molar-refractivity contribution is -0.268. The minimum absolute atomic E-state index is 0.0644. The first-order valence-electron chi connectivity index (χ1n) is 11.8. The van der Waals surface area contributed by atoms with E-state index in [-0.39, 0.29) is 24.1 Å². The number of amides is 1. The molecule has 0 aromatic carbocycles. The molecule has 0 aromatic heterocycles. The molecular formula is C21H32N3O12PS2. The van der Waals surface area contributed by atoms with Crippen molar-refractivity contribution in [3.63, 3.8) is 0 Å². The Kier molecular flexibility index (Phi) is 12.6. The van der Waals surface area contributed by atoms with Gasteiger partial charge in [-0.05, 0) is 25.7 Å². The number of rotatable bonds is 12. The van der Waals surface area contributed by atoms with Crippen LogP contribution in [0.15, 0.2) is 5.10 Å². The highest BCUT2D eigenvalue weighted by molar-refractivity contribution is 8.15. The van der Waals surface area contributed by atoms with Gasteiger partial charge in [0.2, 0.25) is 5.91 Å². The van der Waals surface area contributed by atoms with Gasteiger partial charge in [0.15, 0.2) is 29.7 Å². The zero-order chi connectivity index (χ0) is 29.3. The molecule has 0 bridgehead atoms. The number of ether oxygens (including phenoxy) is 5. The summed E-state index contributed by atoms with van der Waals surface area (Å²) in [6.45, 7) is 4.91. The third-order valence-electron chi connectivity index (χ3n) is 4.89. The zero-order valence-electron chi connectivity index (χ0n) is 22.3. The van der Waals surface area contributed by atoms with Gasteiger partial charge in [-0.15, -0.1) is 5.10 Å². The highest BCUT2D eigenvalue weighted by Crippen LogP contribution is 2.44. The lowest BCUT2D eigenvalue weighted by atomic mass is 9.96. The van der Waals surface area contributed by atoms with Gasteiger partial charge in [0.25, 0.3) is 0 Å². The minimum Gasteiger partial charge on any atom is -0.463 e. The maximum Gasteiger partial charge on any atom is 0.303 e. The largest absolute Gasteiger partial charge is 0.463 e. The fourth-order valence-corrected chi connectivity index (χ4v) is 6.42. The topological polar surface area (TPSA) is 178 Å². The summed E-state index contributed by atoms with van der Waals surface area (Å²) >= 11 is 6.44. The van der Waals surface area contributed by atoms with Crippen LogP contribution in [-0.2, 0) is 68.5 Å². The van der Waals surface area contributed by atoms with Crippen molar-refractivity contribution in [2.45, 2.75) is 72.2 Å². The number of hydrazone groups is 1. The molecule has 2 fully saturated rings. The normalized spacial score (nSPS) is 26.2. The van der Waals surface area contributed by atoms with Gasteiger partial charge in [0.05, 0.1) is 19.0 Å². The average Bonchev–Trinajstić information content (AvgIpc) is 3.18. The van der Waals surface area contributed by atoms with Gasteiger partial charge >= 0.3 is 30.5 Å². The number of esters is 4. The molecule has 0 spiro atoms. The molecule has 2 heterocycles. The molecule has 15 nitrogen and oxygen atoms in total. The molecule has 2 saturated heterocycles. The van der Waals surface area contributed by atoms with Crippen LogP contribution in [0, 0.1) is 0 Å². The van der Waals surface area contributed by atoms with Crippen LogP contribution in [0.1, 0.15) is 41.5 Å². The number of hydrogen-bond donors (Lipinski definition) is 1. The van der Waals surface area contributed by atoms with Crippen LogP contribution >= 0.6 is 18.4 Å². The standard InChI is InChI=1S/C21H32N3O12PS2/c1-7-31-37(38,32-8-2)23-22-21-24(16(29)10-39-21)20-19(35-14(6)28)18(34-13(5)27)17(33-12(4)26)15(36-20)9-30-11(3)25/h15,17-20H,7-10H2,1-6H3,(H,23,38)/b22-21-/t15-,17-,18+,19-,20-/m1/s1. The Morgan fingerprint density at radius 1 is 0.974 bits per heavy atom. The number of carbonyl (C=O) groups excluding carboxylic acids is 5. The molecule has 2 aliphatic heterocycles. The first-order valence-corrected chi connectivity index (χ1v) is 15.4. The van der Waals surface area contributed by atoms with Crippen LogP contribution in [0.25, 0.3) is 0 Å². The molecular weight excluding hydrogens is 581 g/mol. The number of amidine groups is 1. The average molecular weight is 614 g/mol. The van der Waals surface area contributed by atoms with Crippen LogP contribution < -0.4 is 5.20 Å². The van der Waals surface area contributed by atoms with Gasteiger partial charge in [-0.2, -0.15) is 0 Å². The highest BCUT2D eigenvalue weighted by Gasteiger charge is 2.56. The molecule has 39 heavy (non-hydrogen) atoms. The van der Waals surface area contributed by atoms with E-state index in [0.717, 1.165) is 44.4 Å². The molecule has 1 N–H and O–H groups in total. The summed E-state index contributed by atoms with van der Waals surface area (Å²) in [5, 5.41) is 6.98. The van der Waals surface area contributed by atoms with Gasteiger partial charge in [-0.3, -0.25) is 28.9 Å². The first-order chi connectivity index (χ1) is 18.3. The van der Waals surface area contributed by atoms with E-state index in [0.29, 0.717) is 0 Å². The second-order valence-corrected chi connectivity index (χ2v) is 12.1. The molecule has 18 heteroatoms. The molecule has 0 aliphatic carbocycles. The Labute approximate surface area is 234 Å². The predicted octanol–water partition coefficient (Wildman–Crippen LogP) is 0.803. The van der Waals surface area contributed by atoms with Crippen molar-refractivity contribution in [1.82, 2.24) is 10.1 Å². The Bertz CT molecular complexity index is 1020. The van der Waals surface area contributed by atoms with Crippen LogP contribution in [0.2, 0.25) is 0 Å². The van der Waals surface area contributed by atoms with Crippen molar-refractivity contribution in [1.29, 1.82) is 0 Å². The lowest BCUT2D eigenvalue weighted by Crippen LogP contribution is -2.66. The third-order valence-corrected chi connectivity index (χ3v) is 8.24. The second kappa shape index (κ2) is 14.9. The number of nitrogens with zero attached hydrogens (tertiary/aromatic N) is 2. The van der Waals surface area contributed by atoms with Gasteiger partial charge in [-0.1, -0.05) is 11.8 Å². The summed E-state index contributed by atoms with van der Waals surface area (Å²) in [5.41, 5.74) is 0. The lowest BCUT2D eigenvalue weighted by Gasteiger charge is -2.46. The number of thioether (sulfide) groups is 1. The van der Waals surface area contributed by atoms with E-state index in [1.807, 2.05) is 0 Å². The number of carbonyl (C=O) groups is 5. The third kappa shape index (κ3) is 9.39. The molecule has 2 aliphatic rings. The van der Waals surface area contributed by atoms with Crippen LogP contribution in [-0.4, -0.2) is 96.1 Å². The quantitative estimate of drug-likeness (QED) is 0.141. The summed E-state index contributed by atoms with van der Waals surface area (Å²) in [7, 11) is 0. The van der Waals surface area contributed by atoms with E-state index in [4.69, 9.17) is 44.5 Å². The summed E-state index contributed by atoms with van der Waals surface area (Å²) in [6.07, 6.45) is -6.95. The van der Waals surface area contributed by atoms with Gasteiger partial charge in [0.1, 0.15) is 12.7 Å². The van der Waals surface area contributed by atoms with Crippen LogP contribution in [0.4, 0.5) is 0 Å². The van der Waals surface area contributed by atoms with Crippen molar-refractivity contribution < 1.29 is 56.7 Å². The Morgan fingerprint density at radius 2 is 1.51 bits per heavy atom. The van der Waals surface area contributed by atoms with Crippen LogP contribution in [0.5, 0.6) is 0 Å². The maximum atomic E-state index is 13.1. The van der Waals surface area contributed by atoms with Crippen molar-refractivity contribution in [3.05, 3.63) is 0 Å². The van der Waals surface area contributed by atoms with E-state index >= 15 is 0 Å².